The zero-order valence-corrected chi connectivity index (χ0v) is 10.4. The summed E-state index contributed by atoms with van der Waals surface area (Å²) in [6.45, 7) is 11.2. The highest BCUT2D eigenvalue weighted by molar-refractivity contribution is 5.85. The molecule has 0 atom stereocenters. The highest BCUT2D eigenvalue weighted by atomic mass is 16.5. The van der Waals surface area contributed by atoms with Crippen LogP contribution >= 0.6 is 0 Å². The van der Waals surface area contributed by atoms with E-state index in [4.69, 9.17) is 14.9 Å². The molecule has 0 radical (unpaired) electrons. The molecule has 0 spiro atoms. The van der Waals surface area contributed by atoms with Crippen molar-refractivity contribution >= 4 is 11.9 Å². The summed E-state index contributed by atoms with van der Waals surface area (Å²) in [5.41, 5.74) is 0.352. The Morgan fingerprint density at radius 2 is 1.18 bits per heavy atom. The second-order valence-corrected chi connectivity index (χ2v) is 3.49. The number of ether oxygens (including phenoxy) is 1. The lowest BCUT2D eigenvalue weighted by Crippen LogP contribution is -1.92. The zero-order chi connectivity index (χ0) is 13.8. The van der Waals surface area contributed by atoms with Gasteiger partial charge < -0.3 is 14.9 Å². The minimum Gasteiger partial charge on any atom is -0.478 e. The first-order valence-corrected chi connectivity index (χ1v) is 5.14. The van der Waals surface area contributed by atoms with E-state index >= 15 is 0 Å². The van der Waals surface area contributed by atoms with Gasteiger partial charge in [-0.15, -0.1) is 0 Å². The van der Waals surface area contributed by atoms with E-state index in [1.807, 2.05) is 0 Å². The van der Waals surface area contributed by atoms with E-state index in [1.54, 1.807) is 0 Å². The Labute approximate surface area is 101 Å². The standard InChI is InChI=1S/2C4H6O2.C4H8O/c2*1-3(2)4(5)6;1-2-4-5-3-1/h2*1H2,2H3,(H,5,6);1-4H2. The maximum atomic E-state index is 9.60. The minimum atomic E-state index is -0.935. The fourth-order valence-electron chi connectivity index (χ4n) is 0.510. The molecule has 0 amide bonds. The van der Waals surface area contributed by atoms with Crippen molar-refractivity contribution in [2.45, 2.75) is 26.7 Å². The first kappa shape index (κ1) is 17.8. The molecular formula is C12H20O5. The van der Waals surface area contributed by atoms with Gasteiger partial charge in [0.25, 0.3) is 0 Å². The van der Waals surface area contributed by atoms with Crippen LogP contribution in [0.15, 0.2) is 24.3 Å². The van der Waals surface area contributed by atoms with Gasteiger partial charge in [0.1, 0.15) is 0 Å². The maximum absolute atomic E-state index is 9.60. The summed E-state index contributed by atoms with van der Waals surface area (Å²) in [6.07, 6.45) is 2.56. The van der Waals surface area contributed by atoms with Gasteiger partial charge in [0.05, 0.1) is 0 Å². The molecule has 0 bridgehead atoms. The Hall–Kier alpha value is -1.62. The van der Waals surface area contributed by atoms with E-state index in [0.29, 0.717) is 0 Å². The number of aliphatic carboxylic acids is 2. The van der Waals surface area contributed by atoms with Crippen LogP contribution in [0.5, 0.6) is 0 Å². The van der Waals surface area contributed by atoms with E-state index in [9.17, 15) is 9.59 Å². The molecule has 98 valence electrons. The number of carboxylic acids is 2. The van der Waals surface area contributed by atoms with Crippen LogP contribution in [-0.2, 0) is 14.3 Å². The largest absolute Gasteiger partial charge is 0.478 e. The first-order chi connectivity index (χ1) is 7.79. The molecule has 1 aliphatic heterocycles. The van der Waals surface area contributed by atoms with Gasteiger partial charge in [-0.3, -0.25) is 0 Å². The zero-order valence-electron chi connectivity index (χ0n) is 10.4. The number of hydrogen-bond acceptors (Lipinski definition) is 3. The van der Waals surface area contributed by atoms with Gasteiger partial charge in [-0.2, -0.15) is 0 Å². The molecule has 1 heterocycles. The smallest absolute Gasteiger partial charge is 0.330 e. The van der Waals surface area contributed by atoms with Crippen molar-refractivity contribution in [1.29, 1.82) is 0 Å². The molecule has 2 N–H and O–H groups in total. The monoisotopic (exact) mass is 244 g/mol. The second kappa shape index (κ2) is 10.9. The molecule has 1 aliphatic rings. The van der Waals surface area contributed by atoms with Crippen LogP contribution in [0.4, 0.5) is 0 Å². The lowest BCUT2D eigenvalue weighted by atomic mass is 10.4. The molecule has 0 saturated carbocycles. The van der Waals surface area contributed by atoms with Gasteiger partial charge in [0.2, 0.25) is 0 Å². The van der Waals surface area contributed by atoms with Crippen LogP contribution in [0.1, 0.15) is 26.7 Å². The molecule has 0 aromatic heterocycles. The average molecular weight is 244 g/mol. The van der Waals surface area contributed by atoms with Crippen LogP contribution in [0, 0.1) is 0 Å². The summed E-state index contributed by atoms with van der Waals surface area (Å²) in [6, 6.07) is 0. The summed E-state index contributed by atoms with van der Waals surface area (Å²) in [7, 11) is 0. The van der Waals surface area contributed by atoms with Gasteiger partial charge in [-0.1, -0.05) is 13.2 Å². The third-order valence-corrected chi connectivity index (χ3v) is 1.56. The van der Waals surface area contributed by atoms with E-state index in [2.05, 4.69) is 13.2 Å². The average Bonchev–Trinajstić information content (AvgIpc) is 2.75. The van der Waals surface area contributed by atoms with Gasteiger partial charge >= 0.3 is 11.9 Å². The molecular weight excluding hydrogens is 224 g/mol. The number of carbonyl (C=O) groups is 2. The summed E-state index contributed by atoms with van der Waals surface area (Å²) in [5.74, 6) is -1.87. The summed E-state index contributed by atoms with van der Waals surface area (Å²) >= 11 is 0. The molecule has 1 fully saturated rings. The predicted molar refractivity (Wildman–Crippen MR) is 65.0 cm³/mol. The molecule has 0 unspecified atom stereocenters. The van der Waals surface area contributed by atoms with Crippen molar-refractivity contribution in [1.82, 2.24) is 0 Å². The van der Waals surface area contributed by atoms with Crippen molar-refractivity contribution in [2.75, 3.05) is 13.2 Å². The molecule has 0 aromatic carbocycles. The third kappa shape index (κ3) is 17.0. The van der Waals surface area contributed by atoms with Crippen LogP contribution in [0.25, 0.3) is 0 Å². The van der Waals surface area contributed by atoms with Crippen LogP contribution < -0.4 is 0 Å². The number of carboxylic acid groups (broad SMARTS) is 2. The Bertz CT molecular complexity index is 221. The topological polar surface area (TPSA) is 83.8 Å². The molecule has 1 rings (SSSR count). The van der Waals surface area contributed by atoms with E-state index in [0.717, 1.165) is 13.2 Å². The Morgan fingerprint density at radius 1 is 0.941 bits per heavy atom. The molecule has 17 heavy (non-hydrogen) atoms. The molecule has 1 saturated heterocycles. The maximum Gasteiger partial charge on any atom is 0.330 e. The van der Waals surface area contributed by atoms with Crippen molar-refractivity contribution in [3.8, 4) is 0 Å². The van der Waals surface area contributed by atoms with E-state index in [1.165, 1.54) is 26.7 Å². The number of hydrogen-bond donors (Lipinski definition) is 2. The molecule has 0 aliphatic carbocycles. The van der Waals surface area contributed by atoms with E-state index in [-0.39, 0.29) is 11.1 Å². The summed E-state index contributed by atoms with van der Waals surface area (Å²) in [4.78, 5) is 19.2. The molecule has 0 aromatic rings. The Morgan fingerprint density at radius 3 is 1.24 bits per heavy atom. The molecule has 5 heteroatoms. The summed E-state index contributed by atoms with van der Waals surface area (Å²) < 4.78 is 4.94. The van der Waals surface area contributed by atoms with Gasteiger partial charge in [0.15, 0.2) is 0 Å². The Balaban J connectivity index is 0. The Kier molecular flexibility index (Phi) is 11.4. The molecule has 5 nitrogen and oxygen atoms in total. The van der Waals surface area contributed by atoms with Gasteiger partial charge in [-0.25, -0.2) is 9.59 Å². The van der Waals surface area contributed by atoms with Crippen LogP contribution in [0.3, 0.4) is 0 Å². The second-order valence-electron chi connectivity index (χ2n) is 3.49. The number of rotatable bonds is 2. The summed E-state index contributed by atoms with van der Waals surface area (Å²) in [5, 5.41) is 15.8. The van der Waals surface area contributed by atoms with Gasteiger partial charge in [0, 0.05) is 24.4 Å². The lowest BCUT2D eigenvalue weighted by molar-refractivity contribution is -0.133. The van der Waals surface area contributed by atoms with Crippen molar-refractivity contribution in [3.05, 3.63) is 24.3 Å². The predicted octanol–water partition coefficient (Wildman–Crippen LogP) is 2.09. The fourth-order valence-corrected chi connectivity index (χ4v) is 0.510. The minimum absolute atomic E-state index is 0.176. The fraction of sp³-hybridized carbons (Fsp3) is 0.500. The quantitative estimate of drug-likeness (QED) is 0.726. The van der Waals surface area contributed by atoms with E-state index < -0.39 is 11.9 Å². The SMILES string of the molecule is C1CCOC1.C=C(C)C(=O)O.C=C(C)C(=O)O. The lowest BCUT2D eigenvalue weighted by Gasteiger charge is -1.79. The van der Waals surface area contributed by atoms with Crippen LogP contribution in [-0.4, -0.2) is 35.4 Å². The van der Waals surface area contributed by atoms with Crippen molar-refractivity contribution in [2.24, 2.45) is 0 Å². The third-order valence-electron chi connectivity index (χ3n) is 1.56. The van der Waals surface area contributed by atoms with Crippen LogP contribution in [0.2, 0.25) is 0 Å². The van der Waals surface area contributed by atoms with Gasteiger partial charge in [-0.05, 0) is 26.7 Å². The van der Waals surface area contributed by atoms with Crippen molar-refractivity contribution < 1.29 is 24.5 Å². The highest BCUT2D eigenvalue weighted by Gasteiger charge is 1.94. The highest BCUT2D eigenvalue weighted by Crippen LogP contribution is 1.98. The normalized spacial score (nSPS) is 12.4. The first-order valence-electron chi connectivity index (χ1n) is 5.14. The van der Waals surface area contributed by atoms with Crippen molar-refractivity contribution in [3.63, 3.8) is 0 Å².